The third kappa shape index (κ3) is 3.03. The van der Waals surface area contributed by atoms with Crippen molar-refractivity contribution in [2.75, 3.05) is 5.32 Å². The maximum absolute atomic E-state index is 15.1. The van der Waals surface area contributed by atoms with Crippen LogP contribution in [0.1, 0.15) is 32.3 Å². The fourth-order valence-corrected chi connectivity index (χ4v) is 7.57. The van der Waals surface area contributed by atoms with E-state index < -0.39 is 37.0 Å². The van der Waals surface area contributed by atoms with E-state index in [0.717, 1.165) is 6.20 Å². The molecule has 2 aliphatic heterocycles. The van der Waals surface area contributed by atoms with Crippen LogP contribution in [0.5, 0.6) is 0 Å². The number of nitrogens with one attached hydrogen (secondary N) is 1. The lowest BCUT2D eigenvalue weighted by molar-refractivity contribution is 0.423. The molecule has 5 rings (SSSR count). The summed E-state index contributed by atoms with van der Waals surface area (Å²) in [5.41, 5.74) is 5.45. The molecule has 3 N–H and O–H groups in total. The van der Waals surface area contributed by atoms with Crippen LogP contribution in [-0.2, 0) is 15.4 Å². The van der Waals surface area contributed by atoms with Gasteiger partial charge in [-0.2, -0.15) is 0 Å². The van der Waals surface area contributed by atoms with E-state index in [9.17, 15) is 12.8 Å². The monoisotopic (exact) mass is 491 g/mol. The summed E-state index contributed by atoms with van der Waals surface area (Å²) in [5.74, 6) is -0.964. The van der Waals surface area contributed by atoms with Gasteiger partial charge in [0.05, 0.1) is 16.5 Å². The number of hydrogen-bond acceptors (Lipinski definition) is 7. The third-order valence-electron chi connectivity index (χ3n) is 6.82. The molecule has 1 aromatic carbocycles. The van der Waals surface area contributed by atoms with E-state index in [1.54, 1.807) is 13.8 Å². The number of rotatable bonds is 3. The quantitative estimate of drug-likeness (QED) is 0.567. The summed E-state index contributed by atoms with van der Waals surface area (Å²) in [6, 6.07) is 5.61. The van der Waals surface area contributed by atoms with Crippen LogP contribution in [0.4, 0.5) is 20.3 Å². The topological polar surface area (TPSA) is 110 Å². The number of nitrogens with zero attached hydrogens (tertiary/aromatic N) is 3. The Morgan fingerprint density at radius 1 is 1.15 bits per heavy atom. The van der Waals surface area contributed by atoms with Crippen LogP contribution in [0.2, 0.25) is 5.02 Å². The van der Waals surface area contributed by atoms with Gasteiger partial charge in [-0.05, 0) is 51.0 Å². The summed E-state index contributed by atoms with van der Waals surface area (Å²) < 4.78 is 54.5. The molecule has 3 atom stereocenters. The highest BCUT2D eigenvalue weighted by atomic mass is 35.5. The molecule has 3 aromatic rings. The Labute approximate surface area is 194 Å². The molecule has 2 bridgehead atoms. The predicted octanol–water partition coefficient (Wildman–Crippen LogP) is 4.23. The van der Waals surface area contributed by atoms with Crippen LogP contribution in [0.15, 0.2) is 41.7 Å². The molecule has 0 saturated carbocycles. The number of fused-ring (bicyclic) bond motifs is 3. The van der Waals surface area contributed by atoms with Crippen molar-refractivity contribution in [3.05, 3.63) is 58.9 Å². The number of hydrogen-bond donors (Lipinski definition) is 2. The maximum atomic E-state index is 15.1. The van der Waals surface area contributed by atoms with Gasteiger partial charge >= 0.3 is 0 Å². The van der Waals surface area contributed by atoms with Gasteiger partial charge in [-0.3, -0.25) is 9.98 Å². The summed E-state index contributed by atoms with van der Waals surface area (Å²) in [4.78, 5) is 12.7. The number of aliphatic imine (C=N–C) groups is 1. The average Bonchev–Trinajstić information content (AvgIpc) is 2.94. The van der Waals surface area contributed by atoms with Crippen LogP contribution < -0.4 is 11.1 Å². The zero-order valence-corrected chi connectivity index (χ0v) is 19.3. The molecule has 1 fully saturated rings. The van der Waals surface area contributed by atoms with Crippen LogP contribution in [0, 0.1) is 11.6 Å². The van der Waals surface area contributed by atoms with E-state index in [4.69, 9.17) is 17.3 Å². The van der Waals surface area contributed by atoms with Crippen LogP contribution in [-0.4, -0.2) is 34.2 Å². The first-order valence-corrected chi connectivity index (χ1v) is 12.2. The summed E-state index contributed by atoms with van der Waals surface area (Å²) in [7, 11) is -3.68. The minimum Gasteiger partial charge on any atom is -0.386 e. The molecule has 0 amide bonds. The summed E-state index contributed by atoms with van der Waals surface area (Å²) in [5, 5.41) is 2.57. The summed E-state index contributed by atoms with van der Waals surface area (Å²) >= 11 is 5.93. The Kier molecular flexibility index (Phi) is 4.71. The highest BCUT2D eigenvalue weighted by Crippen LogP contribution is 2.51. The Balaban J connectivity index is 1.61. The lowest BCUT2D eigenvalue weighted by Crippen LogP contribution is -2.55. The number of amidine groups is 1. The maximum Gasteiger partial charge on any atom is 0.168 e. The summed E-state index contributed by atoms with van der Waals surface area (Å²) in [6.07, 6.45) is 3.07. The van der Waals surface area contributed by atoms with Gasteiger partial charge in [0.1, 0.15) is 27.5 Å². The van der Waals surface area contributed by atoms with E-state index in [0.29, 0.717) is 18.5 Å². The fourth-order valence-electron chi connectivity index (χ4n) is 4.83. The van der Waals surface area contributed by atoms with E-state index in [1.807, 2.05) is 0 Å². The van der Waals surface area contributed by atoms with Crippen molar-refractivity contribution in [1.82, 2.24) is 9.97 Å². The molecule has 11 heteroatoms. The zero-order chi connectivity index (χ0) is 23.8. The van der Waals surface area contributed by atoms with E-state index in [-0.39, 0.29) is 33.1 Å². The normalized spacial score (nSPS) is 28.0. The van der Waals surface area contributed by atoms with Gasteiger partial charge in [0.25, 0.3) is 0 Å². The number of benzene rings is 1. The SMILES string of the molecule is C[C@]1(c2cc(Nc3ncc(F)c4cc(Cl)cnc34)ccc2F)N=C(N)[C@@]2(C)CC[C@@H]1S2(=O)=O. The van der Waals surface area contributed by atoms with Gasteiger partial charge in [-0.1, -0.05) is 11.6 Å². The van der Waals surface area contributed by atoms with Gasteiger partial charge in [0.15, 0.2) is 21.5 Å². The molecular formula is C22H20ClF2N5O2S. The third-order valence-corrected chi connectivity index (χ3v) is 10.1. The largest absolute Gasteiger partial charge is 0.386 e. The molecule has 7 nitrogen and oxygen atoms in total. The number of anilines is 2. The van der Waals surface area contributed by atoms with Crippen molar-refractivity contribution < 1.29 is 17.2 Å². The van der Waals surface area contributed by atoms with E-state index in [2.05, 4.69) is 20.3 Å². The molecule has 33 heavy (non-hydrogen) atoms. The number of sulfone groups is 1. The van der Waals surface area contributed by atoms with Gasteiger partial charge in [-0.25, -0.2) is 22.2 Å². The van der Waals surface area contributed by atoms with Crippen LogP contribution in [0.25, 0.3) is 10.9 Å². The first kappa shape index (κ1) is 22.0. The molecule has 2 aromatic heterocycles. The molecule has 0 unspecified atom stereocenters. The highest BCUT2D eigenvalue weighted by Gasteiger charge is 2.63. The van der Waals surface area contributed by atoms with Crippen molar-refractivity contribution in [2.45, 2.75) is 42.2 Å². The molecular weight excluding hydrogens is 472 g/mol. The zero-order valence-electron chi connectivity index (χ0n) is 17.7. The average molecular weight is 492 g/mol. The Hall–Kier alpha value is -2.85. The fraction of sp³-hybridized carbons (Fsp3) is 0.318. The molecule has 172 valence electrons. The van der Waals surface area contributed by atoms with Crippen molar-refractivity contribution in [2.24, 2.45) is 10.7 Å². The Morgan fingerprint density at radius 3 is 2.67 bits per heavy atom. The summed E-state index contributed by atoms with van der Waals surface area (Å²) in [6.45, 7) is 3.16. The van der Waals surface area contributed by atoms with Crippen molar-refractivity contribution in [3.8, 4) is 0 Å². The van der Waals surface area contributed by atoms with Gasteiger partial charge in [-0.15, -0.1) is 0 Å². The second-order valence-electron chi connectivity index (χ2n) is 8.77. The van der Waals surface area contributed by atoms with E-state index >= 15 is 4.39 Å². The van der Waals surface area contributed by atoms with Crippen molar-refractivity contribution in [1.29, 1.82) is 0 Å². The smallest absolute Gasteiger partial charge is 0.168 e. The predicted molar refractivity (Wildman–Crippen MR) is 124 cm³/mol. The highest BCUT2D eigenvalue weighted by molar-refractivity contribution is 7.94. The van der Waals surface area contributed by atoms with Gasteiger partial charge in [0, 0.05) is 22.8 Å². The number of halogens is 3. The second kappa shape index (κ2) is 7.07. The van der Waals surface area contributed by atoms with Crippen molar-refractivity contribution in [3.63, 3.8) is 0 Å². The minimum absolute atomic E-state index is 0.0104. The molecule has 0 spiro atoms. The Bertz CT molecular complexity index is 1460. The van der Waals surface area contributed by atoms with Crippen LogP contribution in [0.3, 0.4) is 0 Å². The first-order chi connectivity index (χ1) is 15.5. The first-order valence-electron chi connectivity index (χ1n) is 10.2. The van der Waals surface area contributed by atoms with Crippen LogP contribution >= 0.6 is 11.6 Å². The molecule has 4 heterocycles. The molecule has 0 radical (unpaired) electrons. The molecule has 1 saturated heterocycles. The Morgan fingerprint density at radius 2 is 1.91 bits per heavy atom. The number of aromatic nitrogens is 2. The van der Waals surface area contributed by atoms with Crippen molar-refractivity contribution >= 4 is 49.7 Å². The minimum atomic E-state index is -3.68. The molecule has 2 aliphatic rings. The van der Waals surface area contributed by atoms with Gasteiger partial charge < -0.3 is 11.1 Å². The van der Waals surface area contributed by atoms with E-state index in [1.165, 1.54) is 30.5 Å². The number of nitrogens with two attached hydrogens (primary N) is 1. The lowest BCUT2D eigenvalue weighted by Gasteiger charge is -2.39. The van der Waals surface area contributed by atoms with Gasteiger partial charge in [0.2, 0.25) is 0 Å². The second-order valence-corrected chi connectivity index (χ2v) is 11.8. The molecule has 0 aliphatic carbocycles. The lowest BCUT2D eigenvalue weighted by atomic mass is 9.86. The standard InChI is InChI=1S/C22H20ClF2N5O2S/c1-21-6-5-17(33(21,31)32)22(2,30-20(21)26)14-8-12(3-4-15(14)24)29-19-18-13(16(25)10-28-19)7-11(23)9-27-18/h3-4,7-10,17H,5-6H2,1-2H3,(H2,26,30)(H,28,29)/t17-,21+,22+/m0/s1. The number of pyridine rings is 2.